The first kappa shape index (κ1) is 18.7. The fraction of sp³-hybridized carbons (Fsp3) is 0.333. The van der Waals surface area contributed by atoms with Crippen LogP contribution in [0.2, 0.25) is 0 Å². The molecule has 1 saturated carbocycles. The molecule has 29 heavy (non-hydrogen) atoms. The summed E-state index contributed by atoms with van der Waals surface area (Å²) in [4.78, 5) is 0. The van der Waals surface area contributed by atoms with E-state index in [1.54, 1.807) is 30.3 Å². The Morgan fingerprint density at radius 2 is 1.76 bits per heavy atom. The third kappa shape index (κ3) is 2.98. The van der Waals surface area contributed by atoms with Crippen LogP contribution in [-0.4, -0.2) is 6.61 Å². The summed E-state index contributed by atoms with van der Waals surface area (Å²) < 4.78 is 51.7. The van der Waals surface area contributed by atoms with Crippen molar-refractivity contribution < 1.29 is 17.9 Å². The predicted octanol–water partition coefficient (Wildman–Crippen LogP) is 7.76. The lowest BCUT2D eigenvalue weighted by Crippen LogP contribution is -2.19. The van der Waals surface area contributed by atoms with Gasteiger partial charge in [-0.2, -0.15) is 0 Å². The molecule has 1 heterocycles. The quantitative estimate of drug-likeness (QED) is 0.324. The number of aryl methyl sites for hydroxylation is 1. The summed E-state index contributed by atoms with van der Waals surface area (Å²) in [6.07, 6.45) is 4.79. The molecule has 0 spiro atoms. The number of hydrogen-bond donors (Lipinski definition) is 0. The molecule has 0 unspecified atom stereocenters. The normalized spacial score (nSPS) is 14.8. The molecule has 0 radical (unpaired) electrons. The minimum Gasteiger partial charge on any atom is -0.490 e. The predicted molar refractivity (Wildman–Crippen MR) is 114 cm³/mol. The van der Waals surface area contributed by atoms with Crippen molar-refractivity contribution >= 4 is 42.3 Å². The topological polar surface area (TPSA) is 9.23 Å². The Bertz CT molecular complexity index is 1240. The third-order valence-corrected chi connectivity index (χ3v) is 7.20. The average Bonchev–Trinajstić information content (AvgIpc) is 3.04. The molecule has 1 aliphatic rings. The van der Waals surface area contributed by atoms with Crippen molar-refractivity contribution in [2.75, 3.05) is 6.61 Å². The van der Waals surface area contributed by atoms with E-state index in [1.165, 1.54) is 6.42 Å². The molecule has 1 aliphatic carbocycles. The van der Waals surface area contributed by atoms with Crippen molar-refractivity contribution in [3.63, 3.8) is 0 Å². The van der Waals surface area contributed by atoms with Gasteiger partial charge in [-0.1, -0.05) is 31.9 Å². The molecule has 0 saturated heterocycles. The molecule has 0 N–H and O–H groups in total. The zero-order chi connectivity index (χ0) is 20.1. The van der Waals surface area contributed by atoms with Gasteiger partial charge in [0.1, 0.15) is 5.82 Å². The second-order valence-corrected chi connectivity index (χ2v) is 8.94. The summed E-state index contributed by atoms with van der Waals surface area (Å²) in [5.74, 6) is -0.872. The second-order valence-electron chi connectivity index (χ2n) is 7.92. The monoisotopic (exact) mass is 414 g/mol. The van der Waals surface area contributed by atoms with Gasteiger partial charge in [0.25, 0.3) is 0 Å². The molecule has 150 valence electrons. The molecule has 1 aromatic heterocycles. The van der Waals surface area contributed by atoms with Gasteiger partial charge in [0.15, 0.2) is 17.4 Å². The van der Waals surface area contributed by atoms with Gasteiger partial charge in [0.05, 0.1) is 21.4 Å². The highest BCUT2D eigenvalue weighted by Gasteiger charge is 2.22. The molecule has 0 amide bonds. The van der Waals surface area contributed by atoms with Crippen LogP contribution >= 0.6 is 11.3 Å². The van der Waals surface area contributed by atoms with Crippen molar-refractivity contribution in [3.05, 3.63) is 53.3 Å². The Morgan fingerprint density at radius 1 is 0.966 bits per heavy atom. The molecule has 5 heteroatoms. The number of thiophene rings is 1. The second kappa shape index (κ2) is 7.21. The van der Waals surface area contributed by atoms with Crippen LogP contribution in [0.15, 0.2) is 30.3 Å². The van der Waals surface area contributed by atoms with E-state index in [0.29, 0.717) is 45.4 Å². The van der Waals surface area contributed by atoms with E-state index >= 15 is 8.78 Å². The first-order valence-corrected chi connectivity index (χ1v) is 11.0. The van der Waals surface area contributed by atoms with Crippen LogP contribution in [0.5, 0.6) is 5.75 Å². The first-order valence-electron chi connectivity index (χ1n) is 10.2. The van der Waals surface area contributed by atoms with Crippen LogP contribution in [-0.2, 0) is 6.42 Å². The maximum Gasteiger partial charge on any atom is 0.182 e. The molecule has 4 aromatic rings. The third-order valence-electron chi connectivity index (χ3n) is 5.99. The fourth-order valence-corrected chi connectivity index (χ4v) is 5.28. The van der Waals surface area contributed by atoms with E-state index in [9.17, 15) is 4.39 Å². The van der Waals surface area contributed by atoms with Crippen LogP contribution in [0.25, 0.3) is 30.9 Å². The summed E-state index contributed by atoms with van der Waals surface area (Å²) in [7, 11) is 0. The van der Waals surface area contributed by atoms with E-state index in [2.05, 4.69) is 0 Å². The van der Waals surface area contributed by atoms with Crippen molar-refractivity contribution in [3.8, 4) is 5.75 Å². The first-order chi connectivity index (χ1) is 14.1. The van der Waals surface area contributed by atoms with Gasteiger partial charge in [-0.05, 0) is 54.3 Å². The molecular weight excluding hydrogens is 393 g/mol. The van der Waals surface area contributed by atoms with Crippen LogP contribution < -0.4 is 4.74 Å². The van der Waals surface area contributed by atoms with E-state index in [0.717, 1.165) is 30.6 Å². The largest absolute Gasteiger partial charge is 0.490 e. The molecule has 5 rings (SSSR count). The lowest BCUT2D eigenvalue weighted by Gasteiger charge is -2.25. The van der Waals surface area contributed by atoms with Crippen molar-refractivity contribution in [1.29, 1.82) is 0 Å². The van der Waals surface area contributed by atoms with Gasteiger partial charge in [0.2, 0.25) is 0 Å². The van der Waals surface area contributed by atoms with Gasteiger partial charge >= 0.3 is 0 Å². The van der Waals surface area contributed by atoms with E-state index < -0.39 is 17.5 Å². The number of hydrogen-bond acceptors (Lipinski definition) is 2. The van der Waals surface area contributed by atoms with Crippen molar-refractivity contribution in [2.24, 2.45) is 5.92 Å². The summed E-state index contributed by atoms with van der Waals surface area (Å²) in [5, 5.41) is 1.74. The highest BCUT2D eigenvalue weighted by atomic mass is 32.1. The Hall–Kier alpha value is -2.27. The minimum absolute atomic E-state index is 0.00290. The van der Waals surface area contributed by atoms with Crippen LogP contribution in [0.3, 0.4) is 0 Å². The van der Waals surface area contributed by atoms with Crippen LogP contribution in [0, 0.1) is 23.4 Å². The maximum absolute atomic E-state index is 15.3. The Kier molecular flexibility index (Phi) is 4.66. The molecule has 3 aromatic carbocycles. The zero-order valence-corrected chi connectivity index (χ0v) is 17.0. The molecule has 1 nitrogen and oxygen atoms in total. The number of ether oxygens (including phenoxy) is 1. The van der Waals surface area contributed by atoms with Gasteiger partial charge in [-0.3, -0.25) is 0 Å². The number of fused-ring (bicyclic) bond motifs is 4. The summed E-state index contributed by atoms with van der Waals surface area (Å²) in [6, 6.07) is 8.63. The Morgan fingerprint density at radius 3 is 2.48 bits per heavy atom. The Labute approximate surface area is 171 Å². The van der Waals surface area contributed by atoms with Crippen LogP contribution in [0.1, 0.15) is 38.2 Å². The molecule has 0 bridgehead atoms. The van der Waals surface area contributed by atoms with Gasteiger partial charge in [0, 0.05) is 10.8 Å². The van der Waals surface area contributed by atoms with Gasteiger partial charge in [-0.15, -0.1) is 11.3 Å². The van der Waals surface area contributed by atoms with E-state index in [-0.39, 0.29) is 15.8 Å². The standard InChI is InChI=1S/C24H21F3OS/c1-2-4-14-7-8-15-11-17-16-9-10-18(28-12-13-5-3-6-13)21(26)23(16)29-24(17)22(27)19(15)20(14)25/h7-11,13H,2-6,12H2,1H3. The fourth-order valence-electron chi connectivity index (χ4n) is 4.12. The maximum atomic E-state index is 15.3. The smallest absolute Gasteiger partial charge is 0.182 e. The van der Waals surface area contributed by atoms with Gasteiger partial charge < -0.3 is 4.74 Å². The number of rotatable bonds is 5. The van der Waals surface area contributed by atoms with Crippen molar-refractivity contribution in [1.82, 2.24) is 0 Å². The van der Waals surface area contributed by atoms with Gasteiger partial charge in [-0.25, -0.2) is 13.2 Å². The lowest BCUT2D eigenvalue weighted by atomic mass is 9.86. The molecular formula is C24H21F3OS. The van der Waals surface area contributed by atoms with E-state index in [1.807, 2.05) is 6.92 Å². The lowest BCUT2D eigenvalue weighted by molar-refractivity contribution is 0.176. The highest BCUT2D eigenvalue weighted by Crippen LogP contribution is 2.43. The van der Waals surface area contributed by atoms with Crippen molar-refractivity contribution in [2.45, 2.75) is 39.0 Å². The summed E-state index contributed by atoms with van der Waals surface area (Å²) in [5.41, 5.74) is 0.511. The summed E-state index contributed by atoms with van der Waals surface area (Å²) in [6.45, 7) is 2.47. The molecule has 0 atom stereocenters. The molecule has 0 aliphatic heterocycles. The SMILES string of the molecule is CCCc1ccc2cc3c(sc4c(F)c(OCC5CCC5)ccc43)c(F)c2c1F. The van der Waals surface area contributed by atoms with Crippen LogP contribution in [0.4, 0.5) is 13.2 Å². The average molecular weight is 414 g/mol. The minimum atomic E-state index is -0.606. The Balaban J connectivity index is 1.67. The van der Waals surface area contributed by atoms with E-state index in [4.69, 9.17) is 4.74 Å². The zero-order valence-electron chi connectivity index (χ0n) is 16.2. The number of benzene rings is 3. The highest BCUT2D eigenvalue weighted by molar-refractivity contribution is 7.26. The summed E-state index contributed by atoms with van der Waals surface area (Å²) >= 11 is 1.03. The number of halogens is 3. The molecule has 1 fully saturated rings.